The summed E-state index contributed by atoms with van der Waals surface area (Å²) in [6.45, 7) is 2.37. The molecule has 0 fully saturated rings. The molecule has 0 aliphatic heterocycles. The van der Waals surface area contributed by atoms with Gasteiger partial charge >= 0.3 is 5.97 Å². The number of nitrogens with zero attached hydrogens (tertiary/aromatic N) is 2. The van der Waals surface area contributed by atoms with Gasteiger partial charge in [-0.2, -0.15) is 0 Å². The molecule has 2 rings (SSSR count). The monoisotopic (exact) mass is 258 g/mol. The molecule has 5 nitrogen and oxygen atoms in total. The number of hydrogen-bond donors (Lipinski definition) is 1. The van der Waals surface area contributed by atoms with Gasteiger partial charge in [0.25, 0.3) is 0 Å². The Bertz CT molecular complexity index is 647. The SMILES string of the molecule is Cc1cc(=O)c(C(=O)O)cn1CCc1ccccn1. The van der Waals surface area contributed by atoms with E-state index in [0.29, 0.717) is 13.0 Å². The Hall–Kier alpha value is -2.43. The third kappa shape index (κ3) is 3.07. The molecule has 98 valence electrons. The molecular formula is C14H14N2O3. The molecule has 0 aliphatic carbocycles. The zero-order valence-electron chi connectivity index (χ0n) is 10.5. The summed E-state index contributed by atoms with van der Waals surface area (Å²) in [5.74, 6) is -1.20. The van der Waals surface area contributed by atoms with E-state index in [1.807, 2.05) is 18.2 Å². The summed E-state index contributed by atoms with van der Waals surface area (Å²) in [7, 11) is 0. The minimum absolute atomic E-state index is 0.202. The number of hydrogen-bond acceptors (Lipinski definition) is 3. The summed E-state index contributed by atoms with van der Waals surface area (Å²) in [4.78, 5) is 26.6. The van der Waals surface area contributed by atoms with Crippen LogP contribution in [0.15, 0.2) is 41.5 Å². The Kier molecular flexibility index (Phi) is 3.75. The fourth-order valence-electron chi connectivity index (χ4n) is 1.85. The van der Waals surface area contributed by atoms with Crippen LogP contribution in [0.5, 0.6) is 0 Å². The van der Waals surface area contributed by atoms with Crippen LogP contribution in [0, 0.1) is 6.92 Å². The Balaban J connectivity index is 2.23. The number of aryl methyl sites for hydroxylation is 3. The van der Waals surface area contributed by atoms with Gasteiger partial charge in [0.15, 0.2) is 5.43 Å². The molecule has 1 N–H and O–H groups in total. The molecule has 0 saturated heterocycles. The second-order valence-corrected chi connectivity index (χ2v) is 4.26. The zero-order valence-corrected chi connectivity index (χ0v) is 10.5. The third-order valence-corrected chi connectivity index (χ3v) is 2.91. The van der Waals surface area contributed by atoms with Crippen molar-refractivity contribution in [1.29, 1.82) is 0 Å². The lowest BCUT2D eigenvalue weighted by Crippen LogP contribution is -2.19. The van der Waals surface area contributed by atoms with Crippen LogP contribution in [0.4, 0.5) is 0 Å². The Morgan fingerprint density at radius 3 is 2.84 bits per heavy atom. The molecule has 0 amide bonds. The first-order chi connectivity index (χ1) is 9.08. The van der Waals surface area contributed by atoms with Crippen LogP contribution in [0.3, 0.4) is 0 Å². The first kappa shape index (κ1) is 13.0. The van der Waals surface area contributed by atoms with Crippen molar-refractivity contribution in [3.8, 4) is 0 Å². The van der Waals surface area contributed by atoms with Gasteiger partial charge in [0, 0.05) is 42.8 Å². The summed E-state index contributed by atoms with van der Waals surface area (Å²) in [5, 5.41) is 8.94. The zero-order chi connectivity index (χ0) is 13.8. The minimum atomic E-state index is -1.20. The number of rotatable bonds is 4. The average Bonchev–Trinajstić information content (AvgIpc) is 2.38. The maximum Gasteiger partial charge on any atom is 0.341 e. The normalized spacial score (nSPS) is 10.4. The van der Waals surface area contributed by atoms with Gasteiger partial charge in [-0.05, 0) is 19.1 Å². The molecule has 2 aromatic rings. The highest BCUT2D eigenvalue weighted by atomic mass is 16.4. The van der Waals surface area contributed by atoms with Gasteiger partial charge in [0.05, 0.1) is 0 Å². The van der Waals surface area contributed by atoms with Gasteiger partial charge in [-0.15, -0.1) is 0 Å². The van der Waals surface area contributed by atoms with Crippen LogP contribution in [0.25, 0.3) is 0 Å². The number of aromatic nitrogens is 2. The molecule has 0 atom stereocenters. The molecule has 2 heterocycles. The van der Waals surface area contributed by atoms with Gasteiger partial charge in [-0.1, -0.05) is 6.07 Å². The number of pyridine rings is 2. The molecule has 0 saturated carbocycles. The second-order valence-electron chi connectivity index (χ2n) is 4.26. The van der Waals surface area contributed by atoms with Gasteiger partial charge < -0.3 is 9.67 Å². The summed E-state index contributed by atoms with van der Waals surface area (Å²) in [6, 6.07) is 7.01. The fourth-order valence-corrected chi connectivity index (χ4v) is 1.85. The van der Waals surface area contributed by atoms with E-state index in [0.717, 1.165) is 11.4 Å². The molecular weight excluding hydrogens is 244 g/mol. The van der Waals surface area contributed by atoms with Gasteiger partial charge in [-0.3, -0.25) is 9.78 Å². The van der Waals surface area contributed by atoms with Crippen LogP contribution < -0.4 is 5.43 Å². The number of carbonyl (C=O) groups is 1. The van der Waals surface area contributed by atoms with E-state index in [2.05, 4.69) is 4.98 Å². The van der Waals surface area contributed by atoms with Crippen LogP contribution in [0.1, 0.15) is 21.7 Å². The second kappa shape index (κ2) is 5.48. The maximum absolute atomic E-state index is 11.5. The van der Waals surface area contributed by atoms with Crippen molar-refractivity contribution < 1.29 is 9.90 Å². The van der Waals surface area contributed by atoms with Gasteiger partial charge in [0.2, 0.25) is 0 Å². The Morgan fingerprint density at radius 2 is 2.21 bits per heavy atom. The van der Waals surface area contributed by atoms with E-state index in [4.69, 9.17) is 5.11 Å². The molecule has 0 aliphatic rings. The van der Waals surface area contributed by atoms with Crippen LogP contribution in [-0.4, -0.2) is 20.6 Å². The third-order valence-electron chi connectivity index (χ3n) is 2.91. The van der Waals surface area contributed by atoms with Gasteiger partial charge in [0.1, 0.15) is 5.56 Å². The van der Waals surface area contributed by atoms with Crippen LogP contribution in [-0.2, 0) is 13.0 Å². The fraction of sp³-hybridized carbons (Fsp3) is 0.214. The highest BCUT2D eigenvalue weighted by molar-refractivity contribution is 5.87. The Morgan fingerprint density at radius 1 is 1.42 bits per heavy atom. The lowest BCUT2D eigenvalue weighted by molar-refractivity contribution is 0.0694. The van der Waals surface area contributed by atoms with Crippen molar-refractivity contribution in [3.05, 3.63) is 63.8 Å². The van der Waals surface area contributed by atoms with Gasteiger partial charge in [-0.25, -0.2) is 4.79 Å². The van der Waals surface area contributed by atoms with Crippen LogP contribution in [0.2, 0.25) is 0 Å². The lowest BCUT2D eigenvalue weighted by atomic mass is 10.2. The van der Waals surface area contributed by atoms with E-state index in [1.165, 1.54) is 12.3 Å². The molecule has 0 aromatic carbocycles. The van der Waals surface area contributed by atoms with E-state index >= 15 is 0 Å². The topological polar surface area (TPSA) is 72.2 Å². The van der Waals surface area contributed by atoms with Crippen molar-refractivity contribution in [3.63, 3.8) is 0 Å². The summed E-state index contributed by atoms with van der Waals surface area (Å²) >= 11 is 0. The predicted octanol–water partition coefficient (Wildman–Crippen LogP) is 1.49. The lowest BCUT2D eigenvalue weighted by Gasteiger charge is -2.11. The molecule has 2 aromatic heterocycles. The summed E-state index contributed by atoms with van der Waals surface area (Å²) in [5.41, 5.74) is 1.01. The smallest absolute Gasteiger partial charge is 0.341 e. The van der Waals surface area contributed by atoms with E-state index < -0.39 is 11.4 Å². The van der Waals surface area contributed by atoms with E-state index in [1.54, 1.807) is 17.7 Å². The number of carboxylic acid groups (broad SMARTS) is 1. The van der Waals surface area contributed by atoms with Crippen LogP contribution >= 0.6 is 0 Å². The number of aromatic carboxylic acids is 1. The first-order valence-electron chi connectivity index (χ1n) is 5.92. The predicted molar refractivity (Wildman–Crippen MR) is 70.3 cm³/mol. The van der Waals surface area contributed by atoms with Crippen molar-refractivity contribution in [2.45, 2.75) is 19.9 Å². The average molecular weight is 258 g/mol. The largest absolute Gasteiger partial charge is 0.477 e. The van der Waals surface area contributed by atoms with Crippen molar-refractivity contribution in [2.75, 3.05) is 0 Å². The first-order valence-corrected chi connectivity index (χ1v) is 5.92. The maximum atomic E-state index is 11.5. The molecule has 0 unspecified atom stereocenters. The molecule has 0 spiro atoms. The van der Waals surface area contributed by atoms with Crippen molar-refractivity contribution >= 4 is 5.97 Å². The molecule has 19 heavy (non-hydrogen) atoms. The molecule has 5 heteroatoms. The standard InChI is InChI=1S/C14H14N2O3/c1-10-8-13(17)12(14(18)19)9-16(10)7-5-11-4-2-3-6-15-11/h2-4,6,8-9H,5,7H2,1H3,(H,18,19). The van der Waals surface area contributed by atoms with E-state index in [9.17, 15) is 9.59 Å². The van der Waals surface area contributed by atoms with Crippen molar-refractivity contribution in [1.82, 2.24) is 9.55 Å². The number of carboxylic acids is 1. The highest BCUT2D eigenvalue weighted by Gasteiger charge is 2.10. The Labute approximate surface area is 110 Å². The van der Waals surface area contributed by atoms with E-state index in [-0.39, 0.29) is 5.56 Å². The molecule has 0 radical (unpaired) electrons. The summed E-state index contributed by atoms with van der Waals surface area (Å²) in [6.07, 6.45) is 3.79. The minimum Gasteiger partial charge on any atom is -0.477 e. The molecule has 0 bridgehead atoms. The van der Waals surface area contributed by atoms with Crippen molar-refractivity contribution in [2.24, 2.45) is 0 Å². The summed E-state index contributed by atoms with van der Waals surface area (Å²) < 4.78 is 1.76. The quantitative estimate of drug-likeness (QED) is 0.901. The highest BCUT2D eigenvalue weighted by Crippen LogP contribution is 2.03.